The Morgan fingerprint density at radius 3 is 2.33 bits per heavy atom. The number of amides is 1. The van der Waals surface area contributed by atoms with E-state index < -0.39 is 23.5 Å². The van der Waals surface area contributed by atoms with Crippen LogP contribution in [0.2, 0.25) is 0 Å². The molecule has 0 bridgehead atoms. The highest BCUT2D eigenvalue weighted by Crippen LogP contribution is 2.27. The molecule has 1 aliphatic rings. The van der Waals surface area contributed by atoms with Crippen LogP contribution < -0.4 is 10.1 Å². The van der Waals surface area contributed by atoms with E-state index in [0.29, 0.717) is 36.7 Å². The van der Waals surface area contributed by atoms with Crippen LogP contribution in [0, 0.1) is 17.2 Å². The van der Waals surface area contributed by atoms with E-state index in [9.17, 15) is 14.9 Å². The second kappa shape index (κ2) is 9.40. The topological polar surface area (TPSA) is 88.4 Å². The second-order valence-electron chi connectivity index (χ2n) is 7.52. The number of nitrogens with zero attached hydrogens (tertiary/aromatic N) is 1. The lowest BCUT2D eigenvalue weighted by molar-refractivity contribution is -0.130. The molecule has 0 spiro atoms. The maximum absolute atomic E-state index is 12.4. The fraction of sp³-hybridized carbons (Fsp3) is 0.571. The van der Waals surface area contributed by atoms with Gasteiger partial charge in [-0.1, -0.05) is 33.1 Å². The summed E-state index contributed by atoms with van der Waals surface area (Å²) < 4.78 is 10.8. The van der Waals surface area contributed by atoms with Crippen molar-refractivity contribution >= 4 is 11.9 Å². The van der Waals surface area contributed by atoms with Crippen molar-refractivity contribution in [2.45, 2.75) is 64.5 Å². The smallest absolute Gasteiger partial charge is 0.338 e. The Hall–Kier alpha value is -2.55. The van der Waals surface area contributed by atoms with E-state index in [1.165, 1.54) is 6.92 Å². The Bertz CT molecular complexity index is 685. The Morgan fingerprint density at radius 1 is 1.15 bits per heavy atom. The maximum Gasteiger partial charge on any atom is 0.338 e. The van der Waals surface area contributed by atoms with Gasteiger partial charge in [0.25, 0.3) is 5.91 Å². The summed E-state index contributed by atoms with van der Waals surface area (Å²) in [7, 11) is 0. The number of hydrogen-bond donors (Lipinski definition) is 1. The summed E-state index contributed by atoms with van der Waals surface area (Å²) in [5, 5.41) is 12.2. The second-order valence-corrected chi connectivity index (χ2v) is 7.52. The predicted octanol–water partition coefficient (Wildman–Crippen LogP) is 3.61. The normalized spacial score (nSPS) is 16.9. The zero-order chi connectivity index (χ0) is 19.9. The fourth-order valence-corrected chi connectivity index (χ4v) is 2.99. The van der Waals surface area contributed by atoms with Gasteiger partial charge in [0.15, 0.2) is 6.10 Å². The number of hydrogen-bond acceptors (Lipinski definition) is 5. The zero-order valence-electron chi connectivity index (χ0n) is 16.3. The summed E-state index contributed by atoms with van der Waals surface area (Å²) in [4.78, 5) is 24.7. The standard InChI is InChI=1S/C21H28N2O4/c1-15(2)13-26-18-9-7-17(8-10-18)20(25)27-16(3)19(24)23-21(14-22)11-5-4-6-12-21/h7-10,15-16H,4-6,11-13H2,1-3H3,(H,23,24)/t16-/m1/s1. The Labute approximate surface area is 160 Å². The minimum atomic E-state index is -0.971. The van der Waals surface area contributed by atoms with Crippen LogP contribution in [0.5, 0.6) is 5.75 Å². The van der Waals surface area contributed by atoms with E-state index >= 15 is 0 Å². The third-order valence-electron chi connectivity index (χ3n) is 4.61. The van der Waals surface area contributed by atoms with Crippen LogP contribution in [0.25, 0.3) is 0 Å². The van der Waals surface area contributed by atoms with Gasteiger partial charge in [-0.25, -0.2) is 4.79 Å². The Balaban J connectivity index is 1.90. The number of carbonyl (C=O) groups excluding carboxylic acids is 2. The molecule has 0 aromatic heterocycles. The average Bonchev–Trinajstić information content (AvgIpc) is 2.67. The molecule has 0 aliphatic heterocycles. The van der Waals surface area contributed by atoms with Crippen LogP contribution in [0.4, 0.5) is 0 Å². The lowest BCUT2D eigenvalue weighted by Gasteiger charge is -2.32. The molecule has 1 N–H and O–H groups in total. The molecule has 1 saturated carbocycles. The van der Waals surface area contributed by atoms with E-state index in [2.05, 4.69) is 25.2 Å². The molecule has 0 unspecified atom stereocenters. The van der Waals surface area contributed by atoms with Gasteiger partial charge in [-0.15, -0.1) is 0 Å². The molecule has 0 radical (unpaired) electrons. The summed E-state index contributed by atoms with van der Waals surface area (Å²) >= 11 is 0. The monoisotopic (exact) mass is 372 g/mol. The molecule has 1 atom stereocenters. The molecule has 0 saturated heterocycles. The SMILES string of the molecule is CC(C)COc1ccc(C(=O)O[C@H](C)C(=O)NC2(C#N)CCCCC2)cc1. The number of rotatable bonds is 7. The first kappa shape index (κ1) is 20.8. The third-order valence-corrected chi connectivity index (χ3v) is 4.61. The van der Waals surface area contributed by atoms with Crippen molar-refractivity contribution in [1.82, 2.24) is 5.32 Å². The fourth-order valence-electron chi connectivity index (χ4n) is 2.99. The number of esters is 1. The summed E-state index contributed by atoms with van der Waals surface area (Å²) in [6, 6.07) is 8.86. The van der Waals surface area contributed by atoms with Gasteiger partial charge in [0.1, 0.15) is 11.3 Å². The van der Waals surface area contributed by atoms with Crippen molar-refractivity contribution in [2.24, 2.45) is 5.92 Å². The van der Waals surface area contributed by atoms with Crippen LogP contribution >= 0.6 is 0 Å². The molecule has 1 amide bonds. The largest absolute Gasteiger partial charge is 0.493 e. The van der Waals surface area contributed by atoms with Gasteiger partial charge in [-0.05, 0) is 49.9 Å². The van der Waals surface area contributed by atoms with Gasteiger partial charge in [0.2, 0.25) is 0 Å². The Morgan fingerprint density at radius 2 is 1.78 bits per heavy atom. The van der Waals surface area contributed by atoms with Gasteiger partial charge < -0.3 is 14.8 Å². The van der Waals surface area contributed by atoms with Gasteiger partial charge in [-0.2, -0.15) is 5.26 Å². The number of ether oxygens (including phenoxy) is 2. The van der Waals surface area contributed by atoms with Crippen LogP contribution in [0.3, 0.4) is 0 Å². The van der Waals surface area contributed by atoms with E-state index in [1.54, 1.807) is 24.3 Å². The van der Waals surface area contributed by atoms with Crippen molar-refractivity contribution in [3.8, 4) is 11.8 Å². The third kappa shape index (κ3) is 5.99. The molecular formula is C21H28N2O4. The van der Waals surface area contributed by atoms with Crippen LogP contribution in [-0.4, -0.2) is 30.1 Å². The first-order chi connectivity index (χ1) is 12.8. The molecule has 1 aliphatic carbocycles. The number of nitriles is 1. The first-order valence-corrected chi connectivity index (χ1v) is 9.52. The first-order valence-electron chi connectivity index (χ1n) is 9.52. The van der Waals surface area contributed by atoms with Crippen molar-refractivity contribution in [1.29, 1.82) is 5.26 Å². The molecule has 27 heavy (non-hydrogen) atoms. The van der Waals surface area contributed by atoms with Gasteiger partial charge >= 0.3 is 5.97 Å². The molecule has 1 aromatic rings. The minimum Gasteiger partial charge on any atom is -0.493 e. The number of benzene rings is 1. The van der Waals surface area contributed by atoms with E-state index in [0.717, 1.165) is 19.3 Å². The zero-order valence-corrected chi connectivity index (χ0v) is 16.3. The lowest BCUT2D eigenvalue weighted by Crippen LogP contribution is -2.52. The van der Waals surface area contributed by atoms with Crippen molar-refractivity contribution in [3.63, 3.8) is 0 Å². The molecule has 2 rings (SSSR count). The molecule has 0 heterocycles. The van der Waals surface area contributed by atoms with Gasteiger partial charge in [-0.3, -0.25) is 4.79 Å². The van der Waals surface area contributed by atoms with Crippen molar-refractivity contribution in [3.05, 3.63) is 29.8 Å². The molecule has 146 valence electrons. The highest BCUT2D eigenvalue weighted by atomic mass is 16.5. The number of carbonyl (C=O) groups is 2. The van der Waals surface area contributed by atoms with E-state index in [1.807, 2.05) is 0 Å². The lowest BCUT2D eigenvalue weighted by atomic mass is 9.83. The van der Waals surface area contributed by atoms with Crippen molar-refractivity contribution in [2.75, 3.05) is 6.61 Å². The maximum atomic E-state index is 12.4. The Kier molecular flexibility index (Phi) is 7.23. The predicted molar refractivity (Wildman–Crippen MR) is 101 cm³/mol. The van der Waals surface area contributed by atoms with Crippen LogP contribution in [-0.2, 0) is 9.53 Å². The van der Waals surface area contributed by atoms with Crippen LogP contribution in [0.15, 0.2) is 24.3 Å². The molecular weight excluding hydrogens is 344 g/mol. The summed E-state index contributed by atoms with van der Waals surface area (Å²) in [5.74, 6) is 0.0700. The molecule has 1 fully saturated rings. The van der Waals surface area contributed by atoms with Gasteiger partial charge in [0, 0.05) is 0 Å². The highest BCUT2D eigenvalue weighted by molar-refractivity contribution is 5.92. The summed E-state index contributed by atoms with van der Waals surface area (Å²) in [6.07, 6.45) is 3.18. The quantitative estimate of drug-likeness (QED) is 0.739. The molecule has 6 heteroatoms. The average molecular weight is 372 g/mol. The summed E-state index contributed by atoms with van der Waals surface area (Å²) in [6.45, 7) is 6.23. The van der Waals surface area contributed by atoms with Gasteiger partial charge in [0.05, 0.1) is 18.2 Å². The number of nitrogens with one attached hydrogen (secondary N) is 1. The molecule has 6 nitrogen and oxygen atoms in total. The highest BCUT2D eigenvalue weighted by Gasteiger charge is 2.35. The molecule has 1 aromatic carbocycles. The van der Waals surface area contributed by atoms with E-state index in [-0.39, 0.29) is 0 Å². The van der Waals surface area contributed by atoms with Crippen LogP contribution in [0.1, 0.15) is 63.2 Å². The van der Waals surface area contributed by atoms with Crippen molar-refractivity contribution < 1.29 is 19.1 Å². The van der Waals surface area contributed by atoms with E-state index in [4.69, 9.17) is 9.47 Å². The summed E-state index contributed by atoms with van der Waals surface area (Å²) in [5.41, 5.74) is -0.495. The minimum absolute atomic E-state index is 0.346.